The Morgan fingerprint density at radius 1 is 1.17 bits per heavy atom. The van der Waals surface area contributed by atoms with Crippen LogP contribution in [-0.2, 0) is 9.53 Å². The van der Waals surface area contributed by atoms with Gasteiger partial charge in [-0.05, 0) is 77.8 Å². The van der Waals surface area contributed by atoms with Crippen molar-refractivity contribution in [3.63, 3.8) is 0 Å². The zero-order valence-electron chi connectivity index (χ0n) is 18.8. The van der Waals surface area contributed by atoms with Crippen molar-refractivity contribution < 1.29 is 9.53 Å². The quantitative estimate of drug-likeness (QED) is 0.697. The Bertz CT molecular complexity index is 1040. The predicted octanol–water partition coefficient (Wildman–Crippen LogP) is 4.13. The third-order valence-corrected chi connectivity index (χ3v) is 6.52. The molecular weight excluding hydrogens is 376 g/mol. The van der Waals surface area contributed by atoms with Gasteiger partial charge in [-0.15, -0.1) is 0 Å². The lowest BCUT2D eigenvalue weighted by Gasteiger charge is -2.32. The fraction of sp³-hybridized carbons (Fsp3) is 0.542. The third-order valence-electron chi connectivity index (χ3n) is 6.52. The number of piperidine rings is 1. The first-order chi connectivity index (χ1) is 14.4. The summed E-state index contributed by atoms with van der Waals surface area (Å²) in [7, 11) is 0. The molecule has 0 unspecified atom stereocenters. The summed E-state index contributed by atoms with van der Waals surface area (Å²) >= 11 is 0. The average Bonchev–Trinajstić information content (AvgIpc) is 3.23. The largest absolute Gasteiger partial charge is 0.463 e. The smallest absolute Gasteiger partial charge is 0.334 e. The first-order valence-electron chi connectivity index (χ1n) is 11.0. The maximum atomic E-state index is 12.2. The number of esters is 1. The van der Waals surface area contributed by atoms with Gasteiger partial charge < -0.3 is 4.74 Å². The molecule has 2 aliphatic rings. The molecule has 1 fully saturated rings. The van der Waals surface area contributed by atoms with Gasteiger partial charge in [0, 0.05) is 41.9 Å². The van der Waals surface area contributed by atoms with E-state index in [-0.39, 0.29) is 5.97 Å². The van der Waals surface area contributed by atoms with E-state index in [4.69, 9.17) is 9.72 Å². The second kappa shape index (κ2) is 8.34. The number of nitrogens with zero attached hydrogens (tertiary/aromatic N) is 4. The van der Waals surface area contributed by atoms with Gasteiger partial charge in [-0.3, -0.25) is 4.90 Å². The lowest BCUT2D eigenvalue weighted by molar-refractivity contribution is -0.138. The number of hydrogen-bond donors (Lipinski definition) is 0. The maximum absolute atomic E-state index is 12.2. The van der Waals surface area contributed by atoms with Crippen molar-refractivity contribution in [2.45, 2.75) is 59.8 Å². The molecule has 2 aromatic heterocycles. The van der Waals surface area contributed by atoms with Crippen LogP contribution in [0.15, 0.2) is 34.4 Å². The molecule has 0 radical (unpaired) electrons. The Kier molecular flexibility index (Phi) is 5.78. The zero-order valence-corrected chi connectivity index (χ0v) is 18.8. The van der Waals surface area contributed by atoms with Crippen molar-refractivity contribution in [3.05, 3.63) is 51.5 Å². The van der Waals surface area contributed by atoms with Crippen LogP contribution in [0.1, 0.15) is 63.0 Å². The topological polar surface area (TPSA) is 59.7 Å². The van der Waals surface area contributed by atoms with E-state index in [9.17, 15) is 4.79 Å². The molecule has 0 spiro atoms. The van der Waals surface area contributed by atoms with Crippen LogP contribution in [0, 0.1) is 13.8 Å². The minimum absolute atomic E-state index is 0.157. The molecule has 1 aliphatic carbocycles. The Hall–Kier alpha value is -2.47. The highest BCUT2D eigenvalue weighted by molar-refractivity contribution is 5.92. The number of carbonyl (C=O) groups is 1. The summed E-state index contributed by atoms with van der Waals surface area (Å²) in [6, 6.07) is 4.25. The molecule has 0 aromatic carbocycles. The molecule has 0 amide bonds. The van der Waals surface area contributed by atoms with Crippen LogP contribution in [0.25, 0.3) is 5.65 Å². The standard InChI is InChI=1S/C24H32N4O2/c1-6-30-24(29)20-11-15(2)21(18(20)5)14-27-9-7-19(8-10-27)22-13-17(4)28-23(25-22)12-16(3)26-28/h12-13,19H,6-11,14H2,1-5H3. The zero-order chi connectivity index (χ0) is 21.4. The number of carbonyl (C=O) groups excluding carboxylic acids is 1. The van der Waals surface area contributed by atoms with E-state index < -0.39 is 0 Å². The van der Waals surface area contributed by atoms with Crippen LogP contribution in [0.2, 0.25) is 0 Å². The summed E-state index contributed by atoms with van der Waals surface area (Å²) in [5, 5.41) is 4.52. The van der Waals surface area contributed by atoms with Crippen molar-refractivity contribution in [2.75, 3.05) is 26.2 Å². The molecule has 30 heavy (non-hydrogen) atoms. The van der Waals surface area contributed by atoms with E-state index in [1.54, 1.807) is 0 Å². The lowest BCUT2D eigenvalue weighted by atomic mass is 9.92. The fourth-order valence-corrected chi connectivity index (χ4v) is 4.79. The number of rotatable bonds is 5. The molecule has 3 heterocycles. The van der Waals surface area contributed by atoms with Crippen LogP contribution >= 0.6 is 0 Å². The van der Waals surface area contributed by atoms with Crippen molar-refractivity contribution in [1.29, 1.82) is 0 Å². The molecule has 6 nitrogen and oxygen atoms in total. The van der Waals surface area contributed by atoms with Gasteiger partial charge in [-0.2, -0.15) is 5.10 Å². The number of aryl methyl sites for hydroxylation is 2. The van der Waals surface area contributed by atoms with Crippen molar-refractivity contribution in [3.8, 4) is 0 Å². The monoisotopic (exact) mass is 408 g/mol. The van der Waals surface area contributed by atoms with E-state index in [1.807, 2.05) is 18.4 Å². The molecule has 4 rings (SSSR count). The first-order valence-corrected chi connectivity index (χ1v) is 11.0. The maximum Gasteiger partial charge on any atom is 0.334 e. The molecule has 2 aromatic rings. The van der Waals surface area contributed by atoms with E-state index >= 15 is 0 Å². The summed E-state index contributed by atoms with van der Waals surface area (Å²) in [6.07, 6.45) is 2.94. The van der Waals surface area contributed by atoms with Crippen LogP contribution in [0.4, 0.5) is 0 Å². The number of likely N-dealkylation sites (tertiary alicyclic amines) is 1. The van der Waals surface area contributed by atoms with Crippen LogP contribution < -0.4 is 0 Å². The van der Waals surface area contributed by atoms with Crippen molar-refractivity contribution in [2.24, 2.45) is 0 Å². The molecular formula is C24H32N4O2. The van der Waals surface area contributed by atoms with Gasteiger partial charge in [-0.1, -0.05) is 5.57 Å². The number of hydrogen-bond acceptors (Lipinski definition) is 5. The molecule has 0 N–H and O–H groups in total. The number of fused-ring (bicyclic) bond motifs is 1. The van der Waals surface area contributed by atoms with Crippen LogP contribution in [0.5, 0.6) is 0 Å². The molecule has 160 valence electrons. The molecule has 0 bridgehead atoms. The molecule has 1 saturated heterocycles. The molecule has 1 aliphatic heterocycles. The third kappa shape index (κ3) is 3.93. The minimum Gasteiger partial charge on any atom is -0.463 e. The molecule has 6 heteroatoms. The summed E-state index contributed by atoms with van der Waals surface area (Å²) in [5.74, 6) is 0.334. The SMILES string of the molecule is CCOC(=O)C1=C(C)C(CN2CCC(c3cc(C)n4nc(C)cc4n3)CC2)=C(C)C1. The Balaban J connectivity index is 1.42. The van der Waals surface area contributed by atoms with Crippen molar-refractivity contribution >= 4 is 11.6 Å². The molecule has 0 saturated carbocycles. The Morgan fingerprint density at radius 2 is 1.90 bits per heavy atom. The van der Waals surface area contributed by atoms with E-state index in [2.05, 4.69) is 42.9 Å². The second-order valence-corrected chi connectivity index (χ2v) is 8.69. The summed E-state index contributed by atoms with van der Waals surface area (Å²) in [4.78, 5) is 19.6. The van der Waals surface area contributed by atoms with E-state index in [0.29, 0.717) is 12.5 Å². The average molecular weight is 409 g/mol. The predicted molar refractivity (Wildman–Crippen MR) is 118 cm³/mol. The lowest BCUT2D eigenvalue weighted by Crippen LogP contribution is -2.35. The minimum atomic E-state index is -0.157. The first kappa shape index (κ1) is 20.8. The Labute approximate surface area is 178 Å². The number of allylic oxidation sites excluding steroid dienone is 1. The van der Waals surface area contributed by atoms with Gasteiger partial charge in [0.1, 0.15) is 0 Å². The second-order valence-electron chi connectivity index (χ2n) is 8.69. The van der Waals surface area contributed by atoms with E-state index in [1.165, 1.54) is 16.8 Å². The van der Waals surface area contributed by atoms with Crippen LogP contribution in [0.3, 0.4) is 0 Å². The summed E-state index contributed by atoms with van der Waals surface area (Å²) in [6.45, 7) is 13.6. The number of ether oxygens (including phenoxy) is 1. The van der Waals surface area contributed by atoms with Gasteiger partial charge in [0.05, 0.1) is 12.3 Å². The highest BCUT2D eigenvalue weighted by Gasteiger charge is 2.28. The fourth-order valence-electron chi connectivity index (χ4n) is 4.79. The van der Waals surface area contributed by atoms with Gasteiger partial charge in [0.25, 0.3) is 0 Å². The summed E-state index contributed by atoms with van der Waals surface area (Å²) < 4.78 is 7.17. The highest BCUT2D eigenvalue weighted by Crippen LogP contribution is 2.35. The number of aromatic nitrogens is 3. The van der Waals surface area contributed by atoms with Crippen molar-refractivity contribution in [1.82, 2.24) is 19.5 Å². The summed E-state index contributed by atoms with van der Waals surface area (Å²) in [5.41, 5.74) is 8.86. The molecule has 0 atom stereocenters. The highest BCUT2D eigenvalue weighted by atomic mass is 16.5. The Morgan fingerprint density at radius 3 is 2.60 bits per heavy atom. The van der Waals surface area contributed by atoms with Crippen LogP contribution in [-0.4, -0.2) is 51.7 Å². The van der Waals surface area contributed by atoms with Gasteiger partial charge in [0.15, 0.2) is 5.65 Å². The van der Waals surface area contributed by atoms with E-state index in [0.717, 1.165) is 67.1 Å². The van der Waals surface area contributed by atoms with Gasteiger partial charge >= 0.3 is 5.97 Å². The normalized spacial score (nSPS) is 18.7. The van der Waals surface area contributed by atoms with Gasteiger partial charge in [-0.25, -0.2) is 14.3 Å². The van der Waals surface area contributed by atoms with Gasteiger partial charge in [0.2, 0.25) is 0 Å².